The van der Waals surface area contributed by atoms with E-state index < -0.39 is 0 Å². The Kier molecular flexibility index (Phi) is 2.40. The third-order valence-electron chi connectivity index (χ3n) is 2.73. The summed E-state index contributed by atoms with van der Waals surface area (Å²) in [5.74, 6) is 0. The number of nitrogens with zero attached hydrogens (tertiary/aromatic N) is 1. The van der Waals surface area contributed by atoms with Gasteiger partial charge in [0.1, 0.15) is 0 Å². The largest absolute Gasteiger partial charge is 0.335 e. The Morgan fingerprint density at radius 2 is 1.85 bits per heavy atom. The number of rotatable bonds is 1. The topological polar surface area (TPSA) is 58.4 Å². The first kappa shape index (κ1) is 8.81. The Bertz CT molecular complexity index is 195. The predicted octanol–water partition coefficient (Wildman–Crippen LogP) is 0.281. The highest BCUT2D eigenvalue weighted by Gasteiger charge is 2.27. The fourth-order valence-corrected chi connectivity index (χ4v) is 1.60. The highest BCUT2D eigenvalue weighted by molar-refractivity contribution is 5.74. The quantitative estimate of drug-likeness (QED) is 0.613. The van der Waals surface area contributed by atoms with E-state index in [0.717, 1.165) is 38.8 Å². The van der Waals surface area contributed by atoms with E-state index in [0.29, 0.717) is 12.1 Å². The van der Waals surface area contributed by atoms with Crippen molar-refractivity contribution in [1.82, 2.24) is 10.2 Å². The number of carbonyl (C=O) groups excluding carboxylic acids is 1. The zero-order valence-corrected chi connectivity index (χ0v) is 7.83. The predicted molar refractivity (Wildman–Crippen MR) is 50.3 cm³/mol. The molecule has 13 heavy (non-hydrogen) atoms. The minimum absolute atomic E-state index is 0.106. The second-order valence-electron chi connectivity index (χ2n) is 4.05. The summed E-state index contributed by atoms with van der Waals surface area (Å²) in [4.78, 5) is 13.4. The van der Waals surface area contributed by atoms with E-state index in [1.807, 2.05) is 4.90 Å². The molecule has 2 fully saturated rings. The van der Waals surface area contributed by atoms with Gasteiger partial charge in [0.15, 0.2) is 0 Å². The molecule has 0 spiro atoms. The van der Waals surface area contributed by atoms with Crippen LogP contribution in [0.3, 0.4) is 0 Å². The number of nitrogens with two attached hydrogens (primary N) is 1. The van der Waals surface area contributed by atoms with E-state index in [1.54, 1.807) is 0 Å². The van der Waals surface area contributed by atoms with E-state index >= 15 is 0 Å². The monoisotopic (exact) mass is 183 g/mol. The molecule has 4 heteroatoms. The third-order valence-corrected chi connectivity index (χ3v) is 2.73. The van der Waals surface area contributed by atoms with Gasteiger partial charge in [0.2, 0.25) is 0 Å². The molecular weight excluding hydrogens is 166 g/mol. The van der Waals surface area contributed by atoms with Crippen LogP contribution >= 0.6 is 0 Å². The Morgan fingerprint density at radius 1 is 1.23 bits per heavy atom. The lowest BCUT2D eigenvalue weighted by Crippen LogP contribution is -2.47. The summed E-state index contributed by atoms with van der Waals surface area (Å²) in [5.41, 5.74) is 5.75. The normalized spacial score (nSPS) is 24.5. The molecular formula is C9H17N3O. The molecule has 1 aliphatic carbocycles. The van der Waals surface area contributed by atoms with Gasteiger partial charge >= 0.3 is 6.03 Å². The molecule has 4 nitrogen and oxygen atoms in total. The van der Waals surface area contributed by atoms with Crippen LogP contribution in [0.5, 0.6) is 0 Å². The fourth-order valence-electron chi connectivity index (χ4n) is 1.60. The molecule has 2 aliphatic rings. The molecule has 0 bridgehead atoms. The molecule has 1 aliphatic heterocycles. The number of carbonyl (C=O) groups is 1. The summed E-state index contributed by atoms with van der Waals surface area (Å²) in [6.07, 6.45) is 4.19. The van der Waals surface area contributed by atoms with Crippen LogP contribution in [0.1, 0.15) is 25.7 Å². The first-order valence-corrected chi connectivity index (χ1v) is 5.07. The number of nitrogens with one attached hydrogen (secondary N) is 1. The number of likely N-dealkylation sites (tertiary alicyclic amines) is 1. The van der Waals surface area contributed by atoms with Gasteiger partial charge in [-0.3, -0.25) is 0 Å². The Labute approximate surface area is 78.5 Å². The van der Waals surface area contributed by atoms with Gasteiger partial charge in [0.25, 0.3) is 0 Å². The second kappa shape index (κ2) is 3.54. The number of urea groups is 1. The van der Waals surface area contributed by atoms with Crippen molar-refractivity contribution in [3.05, 3.63) is 0 Å². The molecule has 1 heterocycles. The van der Waals surface area contributed by atoms with Gasteiger partial charge < -0.3 is 16.0 Å². The smallest absolute Gasteiger partial charge is 0.317 e. The van der Waals surface area contributed by atoms with Crippen molar-refractivity contribution in [3.8, 4) is 0 Å². The number of hydrogen-bond acceptors (Lipinski definition) is 2. The number of hydrogen-bond donors (Lipinski definition) is 2. The van der Waals surface area contributed by atoms with E-state index in [4.69, 9.17) is 5.73 Å². The van der Waals surface area contributed by atoms with Gasteiger partial charge in [-0.1, -0.05) is 0 Å². The van der Waals surface area contributed by atoms with Crippen LogP contribution < -0.4 is 11.1 Å². The fraction of sp³-hybridized carbons (Fsp3) is 0.889. The highest BCUT2D eigenvalue weighted by Crippen LogP contribution is 2.19. The van der Waals surface area contributed by atoms with Crippen molar-refractivity contribution < 1.29 is 4.79 Å². The highest BCUT2D eigenvalue weighted by atomic mass is 16.2. The standard InChI is InChI=1S/C9H17N3O/c10-7-3-5-12(6-4-7)9(13)11-8-1-2-8/h7-8H,1-6,10H2,(H,11,13). The van der Waals surface area contributed by atoms with Crippen molar-refractivity contribution in [3.63, 3.8) is 0 Å². The summed E-state index contributed by atoms with van der Waals surface area (Å²) >= 11 is 0. The first-order chi connectivity index (χ1) is 6.25. The first-order valence-electron chi connectivity index (χ1n) is 5.07. The lowest BCUT2D eigenvalue weighted by Gasteiger charge is -2.30. The van der Waals surface area contributed by atoms with Crippen molar-refractivity contribution in [2.24, 2.45) is 5.73 Å². The minimum atomic E-state index is 0.106. The third kappa shape index (κ3) is 2.34. The Morgan fingerprint density at radius 3 is 2.38 bits per heavy atom. The van der Waals surface area contributed by atoms with Crippen LogP contribution in [0, 0.1) is 0 Å². The molecule has 74 valence electrons. The van der Waals surface area contributed by atoms with Crippen molar-refractivity contribution in [2.75, 3.05) is 13.1 Å². The van der Waals surface area contributed by atoms with E-state index in [1.165, 1.54) is 0 Å². The van der Waals surface area contributed by atoms with Gasteiger partial charge in [-0.2, -0.15) is 0 Å². The summed E-state index contributed by atoms with van der Waals surface area (Å²) in [5, 5.41) is 2.98. The van der Waals surface area contributed by atoms with Crippen LogP contribution in [0.15, 0.2) is 0 Å². The molecule has 1 saturated carbocycles. The van der Waals surface area contributed by atoms with Gasteiger partial charge in [-0.05, 0) is 25.7 Å². The molecule has 3 N–H and O–H groups in total. The van der Waals surface area contributed by atoms with E-state index in [9.17, 15) is 4.79 Å². The maximum Gasteiger partial charge on any atom is 0.317 e. The summed E-state index contributed by atoms with van der Waals surface area (Å²) in [6.45, 7) is 1.64. The maximum atomic E-state index is 11.5. The van der Waals surface area contributed by atoms with Crippen LogP contribution in [0.25, 0.3) is 0 Å². The van der Waals surface area contributed by atoms with Crippen LogP contribution in [-0.4, -0.2) is 36.1 Å². The van der Waals surface area contributed by atoms with Crippen molar-refractivity contribution in [1.29, 1.82) is 0 Å². The summed E-state index contributed by atoms with van der Waals surface area (Å²) in [7, 11) is 0. The molecule has 0 atom stereocenters. The number of amides is 2. The average Bonchev–Trinajstić information content (AvgIpc) is 2.89. The van der Waals surface area contributed by atoms with Crippen molar-refractivity contribution in [2.45, 2.75) is 37.8 Å². The van der Waals surface area contributed by atoms with E-state index in [2.05, 4.69) is 5.32 Å². The lowest BCUT2D eigenvalue weighted by molar-refractivity contribution is 0.181. The zero-order valence-electron chi connectivity index (χ0n) is 7.83. The molecule has 0 aromatic carbocycles. The van der Waals surface area contributed by atoms with Gasteiger partial charge in [-0.15, -0.1) is 0 Å². The molecule has 2 rings (SSSR count). The molecule has 0 aromatic heterocycles. The molecule has 2 amide bonds. The molecule has 0 unspecified atom stereocenters. The Hall–Kier alpha value is -0.770. The Balaban J connectivity index is 1.75. The SMILES string of the molecule is NC1CCN(C(=O)NC2CC2)CC1. The summed E-state index contributed by atoms with van der Waals surface area (Å²) in [6, 6.07) is 0.863. The van der Waals surface area contributed by atoms with Crippen LogP contribution in [0.2, 0.25) is 0 Å². The number of piperidine rings is 1. The van der Waals surface area contributed by atoms with Gasteiger partial charge in [-0.25, -0.2) is 4.79 Å². The zero-order chi connectivity index (χ0) is 9.26. The van der Waals surface area contributed by atoms with Crippen molar-refractivity contribution >= 4 is 6.03 Å². The van der Waals surface area contributed by atoms with Gasteiger partial charge in [0.05, 0.1) is 0 Å². The molecule has 1 saturated heterocycles. The minimum Gasteiger partial charge on any atom is -0.335 e. The maximum absolute atomic E-state index is 11.5. The van der Waals surface area contributed by atoms with Crippen LogP contribution in [0.4, 0.5) is 4.79 Å². The lowest BCUT2D eigenvalue weighted by atomic mass is 10.1. The van der Waals surface area contributed by atoms with Crippen LogP contribution in [-0.2, 0) is 0 Å². The average molecular weight is 183 g/mol. The second-order valence-corrected chi connectivity index (χ2v) is 4.05. The van der Waals surface area contributed by atoms with E-state index in [-0.39, 0.29) is 6.03 Å². The molecule has 0 aromatic rings. The molecule has 0 radical (unpaired) electrons. The van der Waals surface area contributed by atoms with Gasteiger partial charge in [0, 0.05) is 25.2 Å². The summed E-state index contributed by atoms with van der Waals surface area (Å²) < 4.78 is 0.